The summed E-state index contributed by atoms with van der Waals surface area (Å²) in [6.45, 7) is 1.98. The van der Waals surface area contributed by atoms with Crippen molar-refractivity contribution in [1.82, 2.24) is 10.3 Å². The monoisotopic (exact) mass is 330 g/mol. The second kappa shape index (κ2) is 6.49. The Morgan fingerprint density at radius 1 is 1.43 bits per heavy atom. The molecule has 0 radical (unpaired) electrons. The Bertz CT molecular complexity index is 726. The van der Waals surface area contributed by atoms with Gasteiger partial charge in [0.1, 0.15) is 0 Å². The molecule has 0 saturated heterocycles. The minimum absolute atomic E-state index is 0.146. The summed E-state index contributed by atoms with van der Waals surface area (Å²) in [6.07, 6.45) is 4.23. The number of hydrogen-bond donors (Lipinski definition) is 2. The lowest BCUT2D eigenvalue weighted by Gasteiger charge is -2.22. The maximum atomic E-state index is 12.6. The number of benzene rings is 1. The number of aliphatic hydroxyl groups is 1. The molecule has 0 aliphatic heterocycles. The fourth-order valence-electron chi connectivity index (χ4n) is 2.70. The first kappa shape index (κ1) is 16.3. The highest BCUT2D eigenvalue weighted by atomic mass is 32.2. The van der Waals surface area contributed by atoms with Gasteiger partial charge in [-0.15, -0.1) is 0 Å². The van der Waals surface area contributed by atoms with Gasteiger partial charge in [0.05, 0.1) is 16.7 Å². The number of amides is 1. The van der Waals surface area contributed by atoms with Crippen LogP contribution in [0.5, 0.6) is 0 Å². The number of para-hydroxylation sites is 1. The van der Waals surface area contributed by atoms with E-state index in [1.165, 1.54) is 0 Å². The average Bonchev–Trinajstić information content (AvgIpc) is 3.36. The molecule has 5 heteroatoms. The molecule has 1 aromatic heterocycles. The minimum atomic E-state index is -0.906. The van der Waals surface area contributed by atoms with Gasteiger partial charge in [-0.2, -0.15) is 11.8 Å². The average molecular weight is 330 g/mol. The standard InChI is InChI=1S/C18H22N2O2S/c1-18(22,11-23-2)10-19-17(21)14-9-16(12-7-8-12)20-15-6-4-3-5-13(14)15/h3-6,9,12,22H,7-8,10-11H2,1-2H3,(H,19,21). The van der Waals surface area contributed by atoms with E-state index in [2.05, 4.69) is 10.3 Å². The molecule has 1 saturated carbocycles. The molecule has 2 aromatic rings. The molecule has 1 amide bonds. The van der Waals surface area contributed by atoms with Gasteiger partial charge in [-0.3, -0.25) is 9.78 Å². The number of rotatable bonds is 6. The van der Waals surface area contributed by atoms with Crippen molar-refractivity contribution in [2.75, 3.05) is 18.6 Å². The van der Waals surface area contributed by atoms with Crippen LogP contribution in [-0.2, 0) is 0 Å². The van der Waals surface area contributed by atoms with Crippen molar-refractivity contribution in [1.29, 1.82) is 0 Å². The number of pyridine rings is 1. The van der Waals surface area contributed by atoms with Crippen LogP contribution in [-0.4, -0.2) is 40.2 Å². The molecular weight excluding hydrogens is 308 g/mol. The highest BCUT2D eigenvalue weighted by Crippen LogP contribution is 2.40. The molecule has 1 aliphatic carbocycles. The van der Waals surface area contributed by atoms with Crippen molar-refractivity contribution in [3.63, 3.8) is 0 Å². The second-order valence-corrected chi connectivity index (χ2v) is 7.36. The van der Waals surface area contributed by atoms with Crippen molar-refractivity contribution in [2.45, 2.75) is 31.3 Å². The molecular formula is C18H22N2O2S. The fraction of sp³-hybridized carbons (Fsp3) is 0.444. The number of carbonyl (C=O) groups is 1. The Morgan fingerprint density at radius 2 is 2.17 bits per heavy atom. The van der Waals surface area contributed by atoms with Gasteiger partial charge in [0.2, 0.25) is 0 Å². The first-order valence-corrected chi connectivity index (χ1v) is 9.29. The fourth-order valence-corrected chi connectivity index (χ4v) is 3.42. The topological polar surface area (TPSA) is 62.2 Å². The van der Waals surface area contributed by atoms with E-state index >= 15 is 0 Å². The molecule has 1 heterocycles. The van der Waals surface area contributed by atoms with E-state index in [0.29, 0.717) is 17.2 Å². The summed E-state index contributed by atoms with van der Waals surface area (Å²) in [5.74, 6) is 0.926. The van der Waals surface area contributed by atoms with E-state index in [1.54, 1.807) is 18.7 Å². The molecule has 2 N–H and O–H groups in total. The summed E-state index contributed by atoms with van der Waals surface area (Å²) in [4.78, 5) is 17.3. The molecule has 3 rings (SSSR count). The highest BCUT2D eigenvalue weighted by molar-refractivity contribution is 7.98. The molecule has 1 atom stereocenters. The van der Waals surface area contributed by atoms with Crippen LogP contribution in [0.1, 0.15) is 41.7 Å². The van der Waals surface area contributed by atoms with Crippen molar-refractivity contribution >= 4 is 28.6 Å². The molecule has 1 aromatic carbocycles. The first-order valence-electron chi connectivity index (χ1n) is 7.89. The summed E-state index contributed by atoms with van der Waals surface area (Å²) in [5.41, 5.74) is 1.61. The normalized spacial score (nSPS) is 17.0. The Hall–Kier alpha value is -1.59. The van der Waals surface area contributed by atoms with Gasteiger partial charge in [-0.25, -0.2) is 0 Å². The lowest BCUT2D eigenvalue weighted by Crippen LogP contribution is -2.42. The van der Waals surface area contributed by atoms with Crippen molar-refractivity contribution < 1.29 is 9.90 Å². The van der Waals surface area contributed by atoms with Crippen LogP contribution >= 0.6 is 11.8 Å². The second-order valence-electron chi connectivity index (χ2n) is 6.50. The molecule has 0 bridgehead atoms. The predicted octanol–water partition coefficient (Wildman–Crippen LogP) is 2.96. The van der Waals surface area contributed by atoms with E-state index in [4.69, 9.17) is 0 Å². The van der Waals surface area contributed by atoms with Crippen LogP contribution in [0.4, 0.5) is 0 Å². The van der Waals surface area contributed by atoms with Gasteiger partial charge >= 0.3 is 0 Å². The van der Waals surface area contributed by atoms with Crippen LogP contribution in [0, 0.1) is 0 Å². The molecule has 4 nitrogen and oxygen atoms in total. The van der Waals surface area contributed by atoms with E-state index in [1.807, 2.05) is 36.6 Å². The lowest BCUT2D eigenvalue weighted by atomic mass is 10.0. The van der Waals surface area contributed by atoms with Crippen LogP contribution in [0.3, 0.4) is 0 Å². The van der Waals surface area contributed by atoms with Gasteiger partial charge in [0, 0.05) is 29.3 Å². The van der Waals surface area contributed by atoms with Gasteiger partial charge in [-0.05, 0) is 38.2 Å². The zero-order chi connectivity index (χ0) is 16.4. The molecule has 122 valence electrons. The predicted molar refractivity (Wildman–Crippen MR) is 95.1 cm³/mol. The number of thioether (sulfide) groups is 1. The van der Waals surface area contributed by atoms with Gasteiger partial charge in [-0.1, -0.05) is 18.2 Å². The van der Waals surface area contributed by atoms with Crippen molar-refractivity contribution in [2.24, 2.45) is 0 Å². The number of nitrogens with one attached hydrogen (secondary N) is 1. The summed E-state index contributed by atoms with van der Waals surface area (Å²) in [5, 5.41) is 14.0. The lowest BCUT2D eigenvalue weighted by molar-refractivity contribution is 0.0726. The van der Waals surface area contributed by atoms with Crippen molar-refractivity contribution in [3.8, 4) is 0 Å². The zero-order valence-electron chi connectivity index (χ0n) is 13.5. The SMILES string of the molecule is CSCC(C)(O)CNC(=O)c1cc(C2CC2)nc2ccccc12. The van der Waals surface area contributed by atoms with E-state index in [-0.39, 0.29) is 12.5 Å². The van der Waals surface area contributed by atoms with Gasteiger partial charge in [0.15, 0.2) is 0 Å². The van der Waals surface area contributed by atoms with Crippen LogP contribution in [0.25, 0.3) is 10.9 Å². The van der Waals surface area contributed by atoms with Crippen molar-refractivity contribution in [3.05, 3.63) is 41.6 Å². The smallest absolute Gasteiger partial charge is 0.252 e. The van der Waals surface area contributed by atoms with Crippen LogP contribution < -0.4 is 5.32 Å². The third kappa shape index (κ3) is 3.85. The summed E-state index contributed by atoms with van der Waals surface area (Å²) < 4.78 is 0. The summed E-state index contributed by atoms with van der Waals surface area (Å²) in [7, 11) is 0. The Kier molecular flexibility index (Phi) is 4.60. The van der Waals surface area contributed by atoms with E-state index in [0.717, 1.165) is 29.4 Å². The number of hydrogen-bond acceptors (Lipinski definition) is 4. The number of aromatic nitrogens is 1. The Balaban J connectivity index is 1.87. The molecule has 1 unspecified atom stereocenters. The van der Waals surface area contributed by atoms with E-state index < -0.39 is 5.60 Å². The highest BCUT2D eigenvalue weighted by Gasteiger charge is 2.27. The molecule has 0 spiro atoms. The summed E-state index contributed by atoms with van der Waals surface area (Å²) in [6, 6.07) is 9.65. The zero-order valence-corrected chi connectivity index (χ0v) is 14.3. The van der Waals surface area contributed by atoms with Gasteiger partial charge < -0.3 is 10.4 Å². The van der Waals surface area contributed by atoms with Crippen LogP contribution in [0.2, 0.25) is 0 Å². The maximum Gasteiger partial charge on any atom is 0.252 e. The first-order chi connectivity index (χ1) is 11.0. The third-order valence-electron chi connectivity index (χ3n) is 4.06. The number of nitrogens with zero attached hydrogens (tertiary/aromatic N) is 1. The maximum absolute atomic E-state index is 12.6. The molecule has 1 fully saturated rings. The molecule has 1 aliphatic rings. The largest absolute Gasteiger partial charge is 0.387 e. The molecule has 23 heavy (non-hydrogen) atoms. The van der Waals surface area contributed by atoms with Crippen LogP contribution in [0.15, 0.2) is 30.3 Å². The Labute approximate surface area is 140 Å². The van der Waals surface area contributed by atoms with Gasteiger partial charge in [0.25, 0.3) is 5.91 Å². The number of carbonyl (C=O) groups excluding carboxylic acids is 1. The quantitative estimate of drug-likeness (QED) is 0.855. The summed E-state index contributed by atoms with van der Waals surface area (Å²) >= 11 is 1.56. The minimum Gasteiger partial charge on any atom is -0.387 e. The third-order valence-corrected chi connectivity index (χ3v) is 4.97. The Morgan fingerprint density at radius 3 is 2.87 bits per heavy atom. The van der Waals surface area contributed by atoms with E-state index in [9.17, 15) is 9.90 Å². The number of fused-ring (bicyclic) bond motifs is 1.